The van der Waals surface area contributed by atoms with Crippen molar-refractivity contribution in [1.82, 2.24) is 9.97 Å². The van der Waals surface area contributed by atoms with Gasteiger partial charge >= 0.3 is 0 Å². The minimum absolute atomic E-state index is 0.0461. The van der Waals surface area contributed by atoms with Gasteiger partial charge in [0.15, 0.2) is 0 Å². The van der Waals surface area contributed by atoms with E-state index in [1.54, 1.807) is 19.2 Å². The number of ether oxygens (including phenoxy) is 1. The highest BCUT2D eigenvalue weighted by Gasteiger charge is 2.19. The number of benzene rings is 2. The maximum Gasteiger partial charge on any atom is 0.269 e. The second-order valence-corrected chi connectivity index (χ2v) is 6.02. The van der Waals surface area contributed by atoms with Crippen molar-refractivity contribution < 1.29 is 9.66 Å². The third-order valence-electron chi connectivity index (χ3n) is 4.43. The molecule has 3 aromatic rings. The lowest BCUT2D eigenvalue weighted by Gasteiger charge is -2.20. The second-order valence-electron chi connectivity index (χ2n) is 6.02. The van der Waals surface area contributed by atoms with Crippen molar-refractivity contribution in [3.63, 3.8) is 0 Å². The Morgan fingerprint density at radius 3 is 2.62 bits per heavy atom. The number of nitrogens with one attached hydrogen (secondary N) is 1. The molecule has 1 N–H and O–H groups in total. The first kappa shape index (κ1) is 16.0. The number of aromatic nitrogens is 2. The van der Waals surface area contributed by atoms with Crippen LogP contribution in [-0.2, 0) is 12.8 Å². The number of rotatable bonds is 4. The van der Waals surface area contributed by atoms with E-state index >= 15 is 0 Å². The average molecular weight is 348 g/mol. The van der Waals surface area contributed by atoms with Crippen LogP contribution in [0.4, 0.5) is 17.3 Å². The number of nitro benzene ring substituents is 1. The highest BCUT2D eigenvalue weighted by atomic mass is 16.6. The van der Waals surface area contributed by atoms with Gasteiger partial charge in [0.25, 0.3) is 5.69 Å². The molecule has 0 aliphatic heterocycles. The molecule has 0 radical (unpaired) electrons. The maximum absolute atomic E-state index is 10.7. The van der Waals surface area contributed by atoms with E-state index in [0.29, 0.717) is 11.6 Å². The number of hydrogen-bond acceptors (Lipinski definition) is 6. The molecule has 1 aliphatic carbocycles. The van der Waals surface area contributed by atoms with Gasteiger partial charge in [-0.3, -0.25) is 10.1 Å². The van der Waals surface area contributed by atoms with Crippen molar-refractivity contribution in [1.29, 1.82) is 0 Å². The van der Waals surface area contributed by atoms with Crippen LogP contribution in [0.15, 0.2) is 48.7 Å². The predicted octanol–water partition coefficient (Wildman–Crippen LogP) is 3.90. The molecule has 0 saturated carbocycles. The van der Waals surface area contributed by atoms with Crippen LogP contribution in [0.2, 0.25) is 0 Å². The molecule has 130 valence electrons. The van der Waals surface area contributed by atoms with Crippen LogP contribution in [0.25, 0.3) is 11.3 Å². The molecule has 7 heteroatoms. The monoisotopic (exact) mass is 348 g/mol. The molecule has 1 heterocycles. The van der Waals surface area contributed by atoms with Crippen LogP contribution < -0.4 is 10.1 Å². The minimum Gasteiger partial charge on any atom is -0.497 e. The van der Waals surface area contributed by atoms with E-state index in [1.165, 1.54) is 17.7 Å². The number of nitro groups is 1. The third-order valence-corrected chi connectivity index (χ3v) is 4.43. The lowest BCUT2D eigenvalue weighted by atomic mass is 9.90. The van der Waals surface area contributed by atoms with Gasteiger partial charge in [-0.25, -0.2) is 9.97 Å². The van der Waals surface area contributed by atoms with Crippen molar-refractivity contribution in [2.75, 3.05) is 12.4 Å². The minimum atomic E-state index is -0.426. The smallest absolute Gasteiger partial charge is 0.269 e. The van der Waals surface area contributed by atoms with E-state index in [-0.39, 0.29) is 5.69 Å². The van der Waals surface area contributed by atoms with E-state index in [2.05, 4.69) is 15.3 Å². The first-order valence-electron chi connectivity index (χ1n) is 8.19. The highest BCUT2D eigenvalue weighted by molar-refractivity contribution is 5.71. The topological polar surface area (TPSA) is 90.2 Å². The summed E-state index contributed by atoms with van der Waals surface area (Å²) in [4.78, 5) is 19.4. The zero-order valence-electron chi connectivity index (χ0n) is 14.1. The van der Waals surface area contributed by atoms with Crippen molar-refractivity contribution in [3.8, 4) is 17.0 Å². The van der Waals surface area contributed by atoms with Crippen molar-refractivity contribution >= 4 is 17.3 Å². The van der Waals surface area contributed by atoms with Crippen molar-refractivity contribution in [2.24, 2.45) is 0 Å². The Kier molecular flexibility index (Phi) is 3.96. The van der Waals surface area contributed by atoms with E-state index in [1.807, 2.05) is 24.4 Å². The van der Waals surface area contributed by atoms with Gasteiger partial charge in [-0.05, 0) is 54.3 Å². The molecule has 2 aromatic carbocycles. The number of nitrogens with zero attached hydrogens (tertiary/aromatic N) is 3. The normalized spacial score (nSPS) is 12.0. The number of anilines is 2. The zero-order chi connectivity index (χ0) is 18.1. The molecule has 7 nitrogen and oxygen atoms in total. The summed E-state index contributed by atoms with van der Waals surface area (Å²) in [5, 5.41) is 13.8. The maximum atomic E-state index is 10.7. The molecule has 0 atom stereocenters. The fourth-order valence-corrected chi connectivity index (χ4v) is 3.08. The molecule has 0 saturated heterocycles. The van der Waals surface area contributed by atoms with Gasteiger partial charge in [0.1, 0.15) is 5.75 Å². The summed E-state index contributed by atoms with van der Waals surface area (Å²) in [6.45, 7) is 0. The zero-order valence-corrected chi connectivity index (χ0v) is 14.1. The lowest BCUT2D eigenvalue weighted by molar-refractivity contribution is -0.384. The SMILES string of the molecule is COc1ccc2c(c1)CCc1cnc(Nc3ccc([N+](=O)[O-])cc3)nc1-2. The van der Waals surface area contributed by atoms with Gasteiger partial charge in [-0.2, -0.15) is 0 Å². The quantitative estimate of drug-likeness (QED) is 0.568. The molecule has 1 aromatic heterocycles. The summed E-state index contributed by atoms with van der Waals surface area (Å²) in [7, 11) is 1.66. The first-order chi connectivity index (χ1) is 12.6. The molecule has 0 spiro atoms. The fraction of sp³-hybridized carbons (Fsp3) is 0.158. The predicted molar refractivity (Wildman–Crippen MR) is 97.8 cm³/mol. The molecule has 26 heavy (non-hydrogen) atoms. The Labute approximate surface area is 149 Å². The van der Waals surface area contributed by atoms with Crippen molar-refractivity contribution in [2.45, 2.75) is 12.8 Å². The van der Waals surface area contributed by atoms with Crippen molar-refractivity contribution in [3.05, 3.63) is 69.9 Å². The highest BCUT2D eigenvalue weighted by Crippen LogP contribution is 2.34. The van der Waals surface area contributed by atoms with E-state index in [9.17, 15) is 10.1 Å². The number of non-ortho nitro benzene ring substituents is 1. The molecular formula is C19H16N4O3. The summed E-state index contributed by atoms with van der Waals surface area (Å²) in [5.74, 6) is 1.30. The van der Waals surface area contributed by atoms with Gasteiger partial charge in [0.2, 0.25) is 5.95 Å². The Morgan fingerprint density at radius 2 is 1.88 bits per heavy atom. The molecule has 1 aliphatic rings. The van der Waals surface area contributed by atoms with E-state index in [4.69, 9.17) is 4.74 Å². The third kappa shape index (κ3) is 2.95. The Balaban J connectivity index is 1.65. The Bertz CT molecular complexity index is 987. The Hall–Kier alpha value is -3.48. The molecule has 0 amide bonds. The number of hydrogen-bond donors (Lipinski definition) is 1. The molecule has 0 fully saturated rings. The lowest BCUT2D eigenvalue weighted by Crippen LogP contribution is -2.09. The second kappa shape index (κ2) is 6.44. The summed E-state index contributed by atoms with van der Waals surface area (Å²) in [5.41, 5.74) is 5.05. The van der Waals surface area contributed by atoms with Gasteiger partial charge in [-0.1, -0.05) is 0 Å². The van der Waals surface area contributed by atoms with Crippen LogP contribution in [0.3, 0.4) is 0 Å². The van der Waals surface area contributed by atoms with Crippen LogP contribution in [0.1, 0.15) is 11.1 Å². The van der Waals surface area contributed by atoms with Crippen LogP contribution in [0, 0.1) is 10.1 Å². The van der Waals surface area contributed by atoms with Gasteiger partial charge in [0, 0.05) is 29.6 Å². The molecule has 0 unspecified atom stereocenters. The van der Waals surface area contributed by atoms with Crippen LogP contribution in [-0.4, -0.2) is 22.0 Å². The molecular weight excluding hydrogens is 332 g/mol. The summed E-state index contributed by atoms with van der Waals surface area (Å²) >= 11 is 0. The standard InChI is InChI=1S/C19H16N4O3/c1-26-16-8-9-17-12(10-16)2-3-13-11-20-19(22-18(13)17)21-14-4-6-15(7-5-14)23(24)25/h4-11H,2-3H2,1H3,(H,20,21,22). The number of methoxy groups -OCH3 is 1. The van der Waals surface area contributed by atoms with E-state index in [0.717, 1.165) is 35.4 Å². The van der Waals surface area contributed by atoms with Gasteiger partial charge in [-0.15, -0.1) is 0 Å². The summed E-state index contributed by atoms with van der Waals surface area (Å²) in [6, 6.07) is 12.2. The number of aryl methyl sites for hydroxylation is 2. The van der Waals surface area contributed by atoms with Gasteiger partial charge < -0.3 is 10.1 Å². The Morgan fingerprint density at radius 1 is 1.12 bits per heavy atom. The van der Waals surface area contributed by atoms with Crippen LogP contribution >= 0.6 is 0 Å². The summed E-state index contributed by atoms with van der Waals surface area (Å²) in [6.07, 6.45) is 3.65. The number of fused-ring (bicyclic) bond motifs is 3. The largest absolute Gasteiger partial charge is 0.497 e. The van der Waals surface area contributed by atoms with Crippen LogP contribution in [0.5, 0.6) is 5.75 Å². The molecule has 4 rings (SSSR count). The molecule has 0 bridgehead atoms. The fourth-order valence-electron chi connectivity index (χ4n) is 3.08. The average Bonchev–Trinajstić information content (AvgIpc) is 2.67. The first-order valence-corrected chi connectivity index (χ1v) is 8.19. The van der Waals surface area contributed by atoms with E-state index < -0.39 is 4.92 Å². The van der Waals surface area contributed by atoms with Gasteiger partial charge in [0.05, 0.1) is 17.7 Å². The summed E-state index contributed by atoms with van der Waals surface area (Å²) < 4.78 is 5.30.